The Hall–Kier alpha value is -4.95. The summed E-state index contributed by atoms with van der Waals surface area (Å²) in [4.78, 5) is 36.4. The summed E-state index contributed by atoms with van der Waals surface area (Å²) in [5, 5.41) is 32.6. The molecule has 6 rings (SSSR count). The number of hydrogen-bond acceptors (Lipinski definition) is 10. The first-order valence-electron chi connectivity index (χ1n) is 11.5. The van der Waals surface area contributed by atoms with Gasteiger partial charge in [-0.3, -0.25) is 19.9 Å². The summed E-state index contributed by atoms with van der Waals surface area (Å²) in [5.74, 6) is -2.58. The number of carboxylic acids is 2. The van der Waals surface area contributed by atoms with E-state index in [9.17, 15) is 19.8 Å². The van der Waals surface area contributed by atoms with E-state index in [0.29, 0.717) is 0 Å². The molecule has 18 heteroatoms. The number of hydrogen-bond donors (Lipinski definition) is 0. The molecular formula is C28H30N8O8Zn2+2. The molecule has 46 heavy (non-hydrogen) atoms. The Morgan fingerprint density at radius 3 is 0.848 bits per heavy atom. The zero-order valence-electron chi connectivity index (χ0n) is 24.3. The minimum atomic E-state index is -1.29. The van der Waals surface area contributed by atoms with E-state index in [2.05, 4.69) is 40.3 Å². The van der Waals surface area contributed by atoms with Crippen molar-refractivity contribution in [1.82, 2.24) is 40.3 Å². The Balaban J connectivity index is -0.000000249. The normalized spacial score (nSPS) is 8.17. The van der Waals surface area contributed by atoms with E-state index < -0.39 is 11.9 Å². The first kappa shape index (κ1) is 48.0. The van der Waals surface area contributed by atoms with Gasteiger partial charge in [0, 0.05) is 37.2 Å². The molecule has 232 valence electrons. The molecule has 0 fully saturated rings. The molecule has 0 unspecified atom stereocenters. The number of carboxylic acid groups (broad SMARTS) is 2. The second kappa shape index (κ2) is 27.6. The molecule has 0 saturated heterocycles. The van der Waals surface area contributed by atoms with Gasteiger partial charge in [-0.2, -0.15) is 0 Å². The minimum absolute atomic E-state index is 0. The first-order valence-corrected chi connectivity index (χ1v) is 11.5. The minimum Gasteiger partial charge on any atom is -0.574 e. The third-order valence-electron chi connectivity index (χ3n) is 4.53. The molecule has 6 aromatic rings. The van der Waals surface area contributed by atoms with Gasteiger partial charge in [-0.05, 0) is 48.5 Å². The molecule has 0 aliphatic heterocycles. The van der Waals surface area contributed by atoms with E-state index >= 15 is 0 Å². The number of aromatic carboxylic acids is 2. The Kier molecular flexibility index (Phi) is 28.8. The molecular weight excluding hydrogens is 707 g/mol. The third kappa shape index (κ3) is 17.4. The van der Waals surface area contributed by atoms with Crippen LogP contribution >= 0.6 is 0 Å². The average molecular weight is 737 g/mol. The van der Waals surface area contributed by atoms with Crippen LogP contribution in [0.4, 0.5) is 0 Å². The van der Waals surface area contributed by atoms with Crippen molar-refractivity contribution in [2.75, 3.05) is 0 Å². The van der Waals surface area contributed by atoms with Crippen LogP contribution in [0, 0.1) is 0 Å². The molecule has 0 amide bonds. The van der Waals surface area contributed by atoms with Gasteiger partial charge in [-0.15, -0.1) is 0 Å². The summed E-state index contributed by atoms with van der Waals surface area (Å²) >= 11 is 0. The van der Waals surface area contributed by atoms with Gasteiger partial charge in [-0.1, -0.05) is 47.8 Å². The molecule has 0 bridgehead atoms. The van der Waals surface area contributed by atoms with Crippen LogP contribution < -0.4 is 20.4 Å². The number of rotatable bonds is 4. The molecule has 0 aliphatic carbocycles. The van der Waals surface area contributed by atoms with E-state index in [-0.39, 0.29) is 72.2 Å². The molecule has 0 atom stereocenters. The first-order chi connectivity index (χ1) is 19.5. The van der Waals surface area contributed by atoms with Crippen molar-refractivity contribution in [2.45, 2.75) is 0 Å². The van der Waals surface area contributed by atoms with Gasteiger partial charge in [-0.25, -0.2) is 0 Å². The van der Waals surface area contributed by atoms with Crippen molar-refractivity contribution in [3.8, 4) is 22.8 Å². The topological polar surface area (TPSA) is 315 Å². The van der Waals surface area contributed by atoms with E-state index in [0.717, 1.165) is 22.8 Å². The maximum Gasteiger partial charge on any atom is 2.00 e. The van der Waals surface area contributed by atoms with Crippen molar-refractivity contribution < 1.29 is 80.7 Å². The quantitative estimate of drug-likeness (QED) is 0.135. The number of carbonyl (C=O) groups excluding carboxylic acids is 2. The molecule has 0 aromatic carbocycles. The van der Waals surface area contributed by atoms with Crippen LogP contribution in [-0.4, -0.2) is 53.0 Å². The molecule has 0 saturated carbocycles. The summed E-state index contributed by atoms with van der Waals surface area (Å²) in [5.41, 5.74) is 3.42. The van der Waals surface area contributed by atoms with Gasteiger partial charge in [0.2, 0.25) is 0 Å². The summed E-state index contributed by atoms with van der Waals surface area (Å²) in [6.45, 7) is 0. The van der Waals surface area contributed by atoms with Crippen LogP contribution in [0.15, 0.2) is 122 Å². The van der Waals surface area contributed by atoms with E-state index in [4.69, 9.17) is 0 Å². The summed E-state index contributed by atoms with van der Waals surface area (Å²) in [6, 6.07) is 25.7. The summed E-state index contributed by atoms with van der Waals surface area (Å²) < 4.78 is 0. The number of carbonyl (C=O) groups is 2. The second-order valence-electron chi connectivity index (χ2n) is 7.27. The van der Waals surface area contributed by atoms with Crippen LogP contribution in [-0.2, 0) is 49.9 Å². The van der Waals surface area contributed by atoms with Crippen molar-refractivity contribution in [3.05, 3.63) is 133 Å². The fourth-order valence-corrected chi connectivity index (χ4v) is 2.74. The zero-order chi connectivity index (χ0) is 28.4. The Morgan fingerprint density at radius 2 is 0.717 bits per heavy atom. The van der Waals surface area contributed by atoms with Crippen molar-refractivity contribution in [2.24, 2.45) is 0 Å². The smallest absolute Gasteiger partial charge is 0.574 e. The molecule has 0 aliphatic rings. The van der Waals surface area contributed by atoms with Crippen molar-refractivity contribution in [3.63, 3.8) is 0 Å². The Labute approximate surface area is 288 Å². The Bertz CT molecular complexity index is 1350. The van der Waals surface area contributed by atoms with Gasteiger partial charge in [0.15, 0.2) is 0 Å². The van der Waals surface area contributed by atoms with Crippen LogP contribution in [0.2, 0.25) is 0 Å². The van der Waals surface area contributed by atoms with E-state index in [1.807, 2.05) is 72.8 Å². The maximum absolute atomic E-state index is 9.85. The Morgan fingerprint density at radius 1 is 0.457 bits per heavy atom. The summed E-state index contributed by atoms with van der Waals surface area (Å²) in [6.07, 6.45) is 9.66. The van der Waals surface area contributed by atoms with Gasteiger partial charge in [0.05, 0.1) is 34.7 Å². The molecule has 6 heterocycles. The fraction of sp³-hybridized carbons (Fsp3) is 0. The number of nitrogens with zero attached hydrogens (tertiary/aromatic N) is 8. The van der Waals surface area contributed by atoms with Crippen LogP contribution in [0.5, 0.6) is 0 Å². The average Bonchev–Trinajstić information content (AvgIpc) is 3.76. The van der Waals surface area contributed by atoms with Crippen LogP contribution in [0.3, 0.4) is 0 Å². The zero-order valence-corrected chi connectivity index (χ0v) is 30.3. The molecule has 10 N–H and O–H groups in total. The van der Waals surface area contributed by atoms with E-state index in [1.165, 1.54) is 24.5 Å². The van der Waals surface area contributed by atoms with Crippen molar-refractivity contribution in [1.29, 1.82) is 0 Å². The third-order valence-corrected chi connectivity index (χ3v) is 4.53. The fourth-order valence-electron chi connectivity index (χ4n) is 2.74. The van der Waals surface area contributed by atoms with E-state index in [1.54, 1.807) is 24.8 Å². The predicted octanol–water partition coefficient (Wildman–Crippen LogP) is -2.41. The molecule has 0 radical (unpaired) electrons. The van der Waals surface area contributed by atoms with Crippen LogP contribution in [0.25, 0.3) is 22.8 Å². The van der Waals surface area contributed by atoms with Gasteiger partial charge >= 0.3 is 39.0 Å². The van der Waals surface area contributed by atoms with Gasteiger partial charge < -0.3 is 62.1 Å². The maximum atomic E-state index is 9.85. The van der Waals surface area contributed by atoms with Crippen molar-refractivity contribution >= 4 is 11.9 Å². The number of pyridine rings is 4. The monoisotopic (exact) mass is 734 g/mol. The SMILES string of the molecule is O.O.O=C([O-])c1ccn[n-]1.O=C([O-])c1ccn[n-]1.[OH3+].[OH3+].[Zn+2].[Zn+2].c1ccc(-c2ccccn2)nc1.c1ccc(-c2ccccn2)nc1. The molecule has 6 aromatic heterocycles. The standard InChI is InChI=1S/2C10H8N2.2C4H4N2O2.4H2O.2Zn/c2*1-3-7-11-9(5-1)10-6-2-4-8-12-10;2*7-4(8)3-1-2-5-6-3;;;;;;/h2*1-8H;2*1-2H,(H2,5,6,7,8);4*1H2;;/q;;;;;;;;2*+2/p-2. The predicted molar refractivity (Wildman–Crippen MR) is 156 cm³/mol. The van der Waals surface area contributed by atoms with Gasteiger partial charge in [0.25, 0.3) is 0 Å². The van der Waals surface area contributed by atoms with Crippen LogP contribution in [0.1, 0.15) is 21.0 Å². The molecule has 16 nitrogen and oxygen atoms in total. The largest absolute Gasteiger partial charge is 2.00 e. The second-order valence-corrected chi connectivity index (χ2v) is 7.27. The molecule has 0 spiro atoms. The number of aromatic nitrogens is 8. The summed E-state index contributed by atoms with van der Waals surface area (Å²) in [7, 11) is 0. The van der Waals surface area contributed by atoms with Gasteiger partial charge in [0.1, 0.15) is 0 Å².